The lowest BCUT2D eigenvalue weighted by Gasteiger charge is -2.15. The van der Waals surface area contributed by atoms with Crippen LogP contribution in [-0.4, -0.2) is 16.6 Å². The van der Waals surface area contributed by atoms with Crippen molar-refractivity contribution >= 4 is 28.5 Å². The van der Waals surface area contributed by atoms with E-state index in [2.05, 4.69) is 27.9 Å². The van der Waals surface area contributed by atoms with Gasteiger partial charge in [0.2, 0.25) is 0 Å². The Kier molecular flexibility index (Phi) is 5.75. The van der Waals surface area contributed by atoms with Gasteiger partial charge in [-0.05, 0) is 83.6 Å². The van der Waals surface area contributed by atoms with Crippen molar-refractivity contribution in [1.82, 2.24) is 9.88 Å². The average Bonchev–Trinajstić information content (AvgIpc) is 3.16. The molecule has 0 saturated carbocycles. The number of hydrogen-bond acceptors (Lipinski definition) is 2. The summed E-state index contributed by atoms with van der Waals surface area (Å²) < 4.78 is 8.84. The minimum atomic E-state index is -0.542. The van der Waals surface area contributed by atoms with Gasteiger partial charge in [0.15, 0.2) is 6.10 Å². The first kappa shape index (κ1) is 17.5. The van der Waals surface area contributed by atoms with Crippen molar-refractivity contribution in [2.75, 3.05) is 0 Å². The lowest BCUT2D eigenvalue weighted by atomic mass is 10.2. The topological polar surface area (TPSA) is 43.3 Å². The molecule has 3 aromatic rings. The normalized spacial score (nSPS) is 11.8. The third kappa shape index (κ3) is 4.85. The highest BCUT2D eigenvalue weighted by molar-refractivity contribution is 14.1. The van der Waals surface area contributed by atoms with Crippen LogP contribution >= 0.6 is 22.6 Å². The number of benzene rings is 2. The number of carbonyl (C=O) groups excluding carboxylic acids is 1. The first-order valence-electron chi connectivity index (χ1n) is 8.04. The number of ether oxygens (including phenoxy) is 1. The number of nitrogens with one attached hydrogen (secondary N) is 1. The van der Waals surface area contributed by atoms with Gasteiger partial charge in [0.1, 0.15) is 5.75 Å². The number of hydrogen-bond donors (Lipinski definition) is 1. The molecule has 0 aliphatic heterocycles. The van der Waals surface area contributed by atoms with E-state index >= 15 is 0 Å². The molecule has 4 nitrogen and oxygen atoms in total. The van der Waals surface area contributed by atoms with Gasteiger partial charge in [0, 0.05) is 28.2 Å². The molecule has 5 heteroatoms. The lowest BCUT2D eigenvalue weighted by molar-refractivity contribution is -0.127. The van der Waals surface area contributed by atoms with Gasteiger partial charge in [0.25, 0.3) is 5.91 Å². The van der Waals surface area contributed by atoms with Crippen molar-refractivity contribution < 1.29 is 9.53 Å². The fraction of sp³-hybridized carbons (Fsp3) is 0.150. The third-order valence-electron chi connectivity index (χ3n) is 3.80. The van der Waals surface area contributed by atoms with Crippen LogP contribution in [0.2, 0.25) is 0 Å². The van der Waals surface area contributed by atoms with Gasteiger partial charge < -0.3 is 14.6 Å². The molecule has 1 heterocycles. The van der Waals surface area contributed by atoms with E-state index in [-0.39, 0.29) is 5.91 Å². The molecule has 25 heavy (non-hydrogen) atoms. The molecule has 0 fully saturated rings. The Bertz CT molecular complexity index is 812. The summed E-state index contributed by atoms with van der Waals surface area (Å²) in [5, 5.41) is 2.91. The van der Waals surface area contributed by atoms with E-state index < -0.39 is 6.10 Å². The van der Waals surface area contributed by atoms with Crippen LogP contribution in [0.4, 0.5) is 0 Å². The molecule has 128 valence electrons. The maximum atomic E-state index is 12.2. The van der Waals surface area contributed by atoms with Crippen LogP contribution in [0.25, 0.3) is 5.69 Å². The summed E-state index contributed by atoms with van der Waals surface area (Å²) in [4.78, 5) is 12.2. The first-order valence-corrected chi connectivity index (χ1v) is 9.12. The van der Waals surface area contributed by atoms with Crippen LogP contribution in [-0.2, 0) is 11.3 Å². The molecule has 0 radical (unpaired) electrons. The first-order chi connectivity index (χ1) is 12.1. The van der Waals surface area contributed by atoms with Gasteiger partial charge >= 0.3 is 0 Å². The molecule has 1 unspecified atom stereocenters. The van der Waals surface area contributed by atoms with E-state index in [0.717, 1.165) is 14.8 Å². The molecule has 1 aromatic heterocycles. The Balaban J connectivity index is 1.52. The molecule has 0 spiro atoms. The van der Waals surface area contributed by atoms with Crippen LogP contribution in [0.3, 0.4) is 0 Å². The number of aromatic nitrogens is 1. The fourth-order valence-corrected chi connectivity index (χ4v) is 2.76. The molecular weight excluding hydrogens is 427 g/mol. The van der Waals surface area contributed by atoms with Gasteiger partial charge in [0.05, 0.1) is 0 Å². The van der Waals surface area contributed by atoms with E-state index in [1.807, 2.05) is 77.6 Å². The third-order valence-corrected chi connectivity index (χ3v) is 4.52. The second-order valence-electron chi connectivity index (χ2n) is 5.69. The van der Waals surface area contributed by atoms with E-state index in [1.165, 1.54) is 0 Å². The van der Waals surface area contributed by atoms with Crippen molar-refractivity contribution in [3.8, 4) is 11.4 Å². The minimum absolute atomic E-state index is 0.131. The molecule has 0 aliphatic carbocycles. The Morgan fingerprint density at radius 1 is 1.08 bits per heavy atom. The lowest BCUT2D eigenvalue weighted by Crippen LogP contribution is -2.35. The van der Waals surface area contributed by atoms with Crippen LogP contribution in [0.1, 0.15) is 12.5 Å². The zero-order valence-electron chi connectivity index (χ0n) is 13.9. The monoisotopic (exact) mass is 446 g/mol. The highest BCUT2D eigenvalue weighted by Gasteiger charge is 2.14. The predicted molar refractivity (Wildman–Crippen MR) is 107 cm³/mol. The van der Waals surface area contributed by atoms with Gasteiger partial charge in [-0.1, -0.05) is 12.1 Å². The van der Waals surface area contributed by atoms with Crippen LogP contribution in [0.15, 0.2) is 73.1 Å². The Morgan fingerprint density at radius 2 is 1.72 bits per heavy atom. The SMILES string of the molecule is CC(Oc1ccc(I)cc1)C(=O)NCc1ccc(-n2cccc2)cc1. The van der Waals surface area contributed by atoms with E-state index in [1.54, 1.807) is 6.92 Å². The highest BCUT2D eigenvalue weighted by atomic mass is 127. The molecule has 0 aliphatic rings. The highest BCUT2D eigenvalue weighted by Crippen LogP contribution is 2.15. The zero-order valence-corrected chi connectivity index (χ0v) is 16.0. The van der Waals surface area contributed by atoms with Crippen molar-refractivity contribution in [3.05, 3.63) is 82.2 Å². The summed E-state index contributed by atoms with van der Waals surface area (Å²) in [6.45, 7) is 2.23. The molecule has 1 atom stereocenters. The van der Waals surface area contributed by atoms with Crippen LogP contribution < -0.4 is 10.1 Å². The number of nitrogens with zero attached hydrogens (tertiary/aromatic N) is 1. The van der Waals surface area contributed by atoms with E-state index in [0.29, 0.717) is 12.3 Å². The van der Waals surface area contributed by atoms with Crippen LogP contribution in [0.5, 0.6) is 5.75 Å². The second kappa shape index (κ2) is 8.20. The summed E-state index contributed by atoms with van der Waals surface area (Å²) in [5.41, 5.74) is 2.14. The minimum Gasteiger partial charge on any atom is -0.481 e. The summed E-state index contributed by atoms with van der Waals surface area (Å²) in [6, 6.07) is 19.7. The van der Waals surface area contributed by atoms with Gasteiger partial charge in [-0.2, -0.15) is 0 Å². The predicted octanol–water partition coefficient (Wildman–Crippen LogP) is 4.17. The van der Waals surface area contributed by atoms with E-state index in [9.17, 15) is 4.79 Å². The molecule has 3 rings (SSSR count). The van der Waals surface area contributed by atoms with Gasteiger partial charge in [-0.25, -0.2) is 0 Å². The standard InChI is InChI=1S/C20H19IN2O2/c1-15(25-19-10-6-17(21)7-11-19)20(24)22-14-16-4-8-18(9-5-16)23-12-2-3-13-23/h2-13,15H,14H2,1H3,(H,22,24). The molecule has 1 N–H and O–H groups in total. The second-order valence-corrected chi connectivity index (χ2v) is 6.93. The number of rotatable bonds is 6. The zero-order chi connectivity index (χ0) is 17.6. The Morgan fingerprint density at radius 3 is 2.36 bits per heavy atom. The largest absolute Gasteiger partial charge is 0.481 e. The summed E-state index contributed by atoms with van der Waals surface area (Å²) in [5.74, 6) is 0.562. The molecule has 0 bridgehead atoms. The van der Waals surface area contributed by atoms with Gasteiger partial charge in [-0.3, -0.25) is 4.79 Å². The van der Waals surface area contributed by atoms with Crippen molar-refractivity contribution in [2.45, 2.75) is 19.6 Å². The molecule has 1 amide bonds. The number of carbonyl (C=O) groups is 1. The Hall–Kier alpha value is -2.28. The fourth-order valence-electron chi connectivity index (χ4n) is 2.40. The van der Waals surface area contributed by atoms with Crippen molar-refractivity contribution in [2.24, 2.45) is 0 Å². The quantitative estimate of drug-likeness (QED) is 0.578. The van der Waals surface area contributed by atoms with E-state index in [4.69, 9.17) is 4.74 Å². The summed E-state index contributed by atoms with van der Waals surface area (Å²) in [7, 11) is 0. The Labute approximate surface area is 161 Å². The molecule has 0 saturated heterocycles. The molecule has 2 aromatic carbocycles. The number of amides is 1. The maximum absolute atomic E-state index is 12.2. The van der Waals surface area contributed by atoms with Crippen molar-refractivity contribution in [3.63, 3.8) is 0 Å². The van der Waals surface area contributed by atoms with Crippen LogP contribution in [0, 0.1) is 3.57 Å². The molecular formula is C20H19IN2O2. The average molecular weight is 446 g/mol. The number of halogens is 1. The summed E-state index contributed by atoms with van der Waals surface area (Å²) >= 11 is 2.23. The smallest absolute Gasteiger partial charge is 0.261 e. The maximum Gasteiger partial charge on any atom is 0.261 e. The summed E-state index contributed by atoms with van der Waals surface area (Å²) in [6.07, 6.45) is 3.46. The van der Waals surface area contributed by atoms with Crippen molar-refractivity contribution in [1.29, 1.82) is 0 Å². The van der Waals surface area contributed by atoms with Gasteiger partial charge in [-0.15, -0.1) is 0 Å².